The van der Waals surface area contributed by atoms with Crippen LogP contribution in [0.2, 0.25) is 0 Å². The first-order valence-electron chi connectivity index (χ1n) is 9.75. The summed E-state index contributed by atoms with van der Waals surface area (Å²) in [4.78, 5) is 12.4. The molecule has 0 bridgehead atoms. The van der Waals surface area contributed by atoms with E-state index < -0.39 is 0 Å². The highest BCUT2D eigenvalue weighted by molar-refractivity contribution is 7.99. The fourth-order valence-electron chi connectivity index (χ4n) is 2.99. The average molecular weight is 411 g/mol. The summed E-state index contributed by atoms with van der Waals surface area (Å²) in [6.07, 6.45) is 2.61. The number of hydrogen-bond acceptors (Lipinski definition) is 5. The Balaban J connectivity index is 1.58. The fraction of sp³-hybridized carbons (Fsp3) is 0.318. The van der Waals surface area contributed by atoms with Crippen molar-refractivity contribution < 1.29 is 9.53 Å². The highest BCUT2D eigenvalue weighted by Crippen LogP contribution is 2.22. The van der Waals surface area contributed by atoms with Gasteiger partial charge < -0.3 is 10.1 Å². The lowest BCUT2D eigenvalue weighted by Crippen LogP contribution is -2.25. The number of para-hydroxylation sites is 1. The summed E-state index contributed by atoms with van der Waals surface area (Å²) in [5.74, 6) is 0.236. The van der Waals surface area contributed by atoms with Crippen LogP contribution < -0.4 is 5.32 Å². The van der Waals surface area contributed by atoms with Gasteiger partial charge in [0.2, 0.25) is 5.91 Å². The van der Waals surface area contributed by atoms with Crippen molar-refractivity contribution in [2.24, 2.45) is 0 Å². The van der Waals surface area contributed by atoms with E-state index in [9.17, 15) is 4.79 Å². The standard InChI is InChI=1S/C22H26N4O2S/c1-3-17-9-7-8-12-20(17)26-16-24-25-22(26)29-15-21(27)23-13-18-10-5-6-11-19(18)14-28-4-2/h5-12,16H,3-4,13-15H2,1-2H3,(H,23,27). The van der Waals surface area contributed by atoms with Crippen LogP contribution in [-0.2, 0) is 29.1 Å². The van der Waals surface area contributed by atoms with Gasteiger partial charge in [-0.2, -0.15) is 0 Å². The summed E-state index contributed by atoms with van der Waals surface area (Å²) in [6.45, 7) is 5.79. The molecule has 1 heterocycles. The third-order valence-corrected chi connectivity index (χ3v) is 5.48. The van der Waals surface area contributed by atoms with Crippen molar-refractivity contribution in [3.63, 3.8) is 0 Å². The molecule has 0 fully saturated rings. The molecule has 152 valence electrons. The van der Waals surface area contributed by atoms with Crippen molar-refractivity contribution in [3.05, 3.63) is 71.5 Å². The van der Waals surface area contributed by atoms with Gasteiger partial charge in [0.1, 0.15) is 6.33 Å². The monoisotopic (exact) mass is 410 g/mol. The maximum absolute atomic E-state index is 12.4. The Hall–Kier alpha value is -2.64. The molecule has 0 saturated carbocycles. The molecule has 7 heteroatoms. The summed E-state index contributed by atoms with van der Waals surface area (Å²) >= 11 is 1.38. The Morgan fingerprint density at radius 2 is 1.79 bits per heavy atom. The van der Waals surface area contributed by atoms with Crippen LogP contribution in [0.5, 0.6) is 0 Å². The van der Waals surface area contributed by atoms with Crippen molar-refractivity contribution >= 4 is 17.7 Å². The van der Waals surface area contributed by atoms with Crippen molar-refractivity contribution in [2.45, 2.75) is 38.6 Å². The number of aromatic nitrogens is 3. The largest absolute Gasteiger partial charge is 0.377 e. The predicted molar refractivity (Wildman–Crippen MR) is 115 cm³/mol. The predicted octanol–water partition coefficient (Wildman–Crippen LogP) is 3.77. The quantitative estimate of drug-likeness (QED) is 0.515. The number of ether oxygens (including phenoxy) is 1. The molecule has 1 amide bonds. The molecule has 1 aromatic heterocycles. The van der Waals surface area contributed by atoms with E-state index in [0.717, 1.165) is 23.2 Å². The van der Waals surface area contributed by atoms with Crippen LogP contribution in [0.1, 0.15) is 30.5 Å². The van der Waals surface area contributed by atoms with E-state index in [-0.39, 0.29) is 11.7 Å². The fourth-order valence-corrected chi connectivity index (χ4v) is 3.74. The second-order valence-corrected chi connectivity index (χ2v) is 7.38. The van der Waals surface area contributed by atoms with Crippen LogP contribution in [0.4, 0.5) is 0 Å². The number of aryl methyl sites for hydroxylation is 1. The summed E-state index contributed by atoms with van der Waals surface area (Å²) < 4.78 is 7.44. The number of benzene rings is 2. The highest BCUT2D eigenvalue weighted by Gasteiger charge is 2.12. The second-order valence-electron chi connectivity index (χ2n) is 6.44. The first-order valence-corrected chi connectivity index (χ1v) is 10.7. The molecule has 0 unspecified atom stereocenters. The second kappa shape index (κ2) is 10.8. The topological polar surface area (TPSA) is 69.0 Å². The van der Waals surface area contributed by atoms with Gasteiger partial charge in [-0.3, -0.25) is 9.36 Å². The summed E-state index contributed by atoms with van der Waals surface area (Å²) in [5.41, 5.74) is 4.43. The zero-order valence-electron chi connectivity index (χ0n) is 16.8. The first-order chi connectivity index (χ1) is 14.2. The Morgan fingerprint density at radius 1 is 1.07 bits per heavy atom. The maximum Gasteiger partial charge on any atom is 0.230 e. The van der Waals surface area contributed by atoms with Crippen LogP contribution in [0.25, 0.3) is 5.69 Å². The molecule has 0 spiro atoms. The molecule has 0 radical (unpaired) electrons. The number of rotatable bonds is 10. The molecule has 6 nitrogen and oxygen atoms in total. The first kappa shape index (κ1) is 21.1. The van der Waals surface area contributed by atoms with Crippen molar-refractivity contribution in [2.75, 3.05) is 12.4 Å². The third-order valence-electron chi connectivity index (χ3n) is 4.54. The SMILES string of the molecule is CCOCc1ccccc1CNC(=O)CSc1nncn1-c1ccccc1CC. The van der Waals surface area contributed by atoms with Gasteiger partial charge in [-0.1, -0.05) is 61.2 Å². The average Bonchev–Trinajstić information content (AvgIpc) is 3.23. The van der Waals surface area contributed by atoms with E-state index in [1.165, 1.54) is 17.3 Å². The summed E-state index contributed by atoms with van der Waals surface area (Å²) in [5, 5.41) is 11.9. The van der Waals surface area contributed by atoms with E-state index >= 15 is 0 Å². The number of carbonyl (C=O) groups excluding carboxylic acids is 1. The molecule has 1 N–H and O–H groups in total. The smallest absolute Gasteiger partial charge is 0.230 e. The minimum absolute atomic E-state index is 0.0421. The molecular weight excluding hydrogens is 384 g/mol. The summed E-state index contributed by atoms with van der Waals surface area (Å²) in [7, 11) is 0. The number of amides is 1. The Labute approximate surface area is 175 Å². The molecule has 0 saturated heterocycles. The zero-order valence-corrected chi connectivity index (χ0v) is 17.6. The van der Waals surface area contributed by atoms with E-state index in [2.05, 4.69) is 28.5 Å². The van der Waals surface area contributed by atoms with Crippen molar-refractivity contribution in [1.82, 2.24) is 20.1 Å². The molecular formula is C22H26N4O2S. The van der Waals surface area contributed by atoms with Crippen molar-refractivity contribution in [1.29, 1.82) is 0 Å². The van der Waals surface area contributed by atoms with Gasteiger partial charge in [0, 0.05) is 13.2 Å². The van der Waals surface area contributed by atoms with Crippen LogP contribution >= 0.6 is 11.8 Å². The number of hydrogen-bond donors (Lipinski definition) is 1. The third kappa shape index (κ3) is 5.68. The van der Waals surface area contributed by atoms with Gasteiger partial charge in [-0.25, -0.2) is 0 Å². The van der Waals surface area contributed by atoms with Gasteiger partial charge in [0.25, 0.3) is 0 Å². The van der Waals surface area contributed by atoms with Gasteiger partial charge in [0.05, 0.1) is 18.0 Å². The van der Waals surface area contributed by atoms with Crippen LogP contribution in [0, 0.1) is 0 Å². The molecule has 3 aromatic rings. The van der Waals surface area contributed by atoms with E-state index in [4.69, 9.17) is 4.74 Å². The summed E-state index contributed by atoms with van der Waals surface area (Å²) in [6, 6.07) is 16.2. The van der Waals surface area contributed by atoms with Crippen LogP contribution in [0.15, 0.2) is 60.0 Å². The minimum atomic E-state index is -0.0421. The molecule has 29 heavy (non-hydrogen) atoms. The Morgan fingerprint density at radius 3 is 2.55 bits per heavy atom. The van der Waals surface area contributed by atoms with Crippen LogP contribution in [-0.4, -0.2) is 33.0 Å². The molecule has 0 aliphatic rings. The van der Waals surface area contributed by atoms with Gasteiger partial charge in [0.15, 0.2) is 5.16 Å². The molecule has 3 rings (SSSR count). The van der Waals surface area contributed by atoms with E-state index in [0.29, 0.717) is 24.9 Å². The number of nitrogens with one attached hydrogen (secondary N) is 1. The van der Waals surface area contributed by atoms with Gasteiger partial charge in [-0.05, 0) is 36.1 Å². The molecule has 0 aliphatic heterocycles. The minimum Gasteiger partial charge on any atom is -0.377 e. The number of thioether (sulfide) groups is 1. The highest BCUT2D eigenvalue weighted by atomic mass is 32.2. The molecule has 2 aromatic carbocycles. The van der Waals surface area contributed by atoms with Crippen molar-refractivity contribution in [3.8, 4) is 5.69 Å². The number of carbonyl (C=O) groups is 1. The normalized spacial score (nSPS) is 10.8. The zero-order chi connectivity index (χ0) is 20.5. The van der Waals surface area contributed by atoms with Gasteiger partial charge >= 0.3 is 0 Å². The van der Waals surface area contributed by atoms with Gasteiger partial charge in [-0.15, -0.1) is 10.2 Å². The van der Waals surface area contributed by atoms with E-state index in [1.807, 2.05) is 54.0 Å². The molecule has 0 atom stereocenters. The lowest BCUT2D eigenvalue weighted by atomic mass is 10.1. The van der Waals surface area contributed by atoms with E-state index in [1.54, 1.807) is 6.33 Å². The lowest BCUT2D eigenvalue weighted by Gasteiger charge is -2.12. The Bertz CT molecular complexity index is 942. The molecule has 0 aliphatic carbocycles. The maximum atomic E-state index is 12.4. The van der Waals surface area contributed by atoms with Crippen LogP contribution in [0.3, 0.4) is 0 Å². The lowest BCUT2D eigenvalue weighted by molar-refractivity contribution is -0.118. The number of nitrogens with zero attached hydrogens (tertiary/aromatic N) is 3. The Kier molecular flexibility index (Phi) is 7.84.